The van der Waals surface area contributed by atoms with Gasteiger partial charge in [-0.1, -0.05) is 36.7 Å². The highest BCUT2D eigenvalue weighted by molar-refractivity contribution is 7.90. The molecule has 0 aliphatic carbocycles. The van der Waals surface area contributed by atoms with Crippen molar-refractivity contribution >= 4 is 44.5 Å². The number of sulfone groups is 1. The number of hydrogen-bond acceptors (Lipinski definition) is 3. The molecule has 2 aromatic rings. The van der Waals surface area contributed by atoms with Gasteiger partial charge in [0.15, 0.2) is 14.9 Å². The summed E-state index contributed by atoms with van der Waals surface area (Å²) in [4.78, 5) is 0.307. The maximum absolute atomic E-state index is 11.6. The molecule has 2 aromatic carbocycles. The van der Waals surface area contributed by atoms with Crippen molar-refractivity contribution in [3.8, 4) is 0 Å². The van der Waals surface area contributed by atoms with E-state index in [0.717, 1.165) is 23.2 Å². The van der Waals surface area contributed by atoms with E-state index < -0.39 is 9.84 Å². The first-order chi connectivity index (χ1) is 11.7. The summed E-state index contributed by atoms with van der Waals surface area (Å²) in [6.07, 6.45) is 2.00. The molecule has 1 atom stereocenters. The van der Waals surface area contributed by atoms with E-state index in [1.54, 1.807) is 12.1 Å². The standard InChI is InChI=1S/C18H21ClN2O2S2/c1-4-17(13-6-9-15(10-7-13)25(3,22)23)21-18(24)20-14-8-5-12(2)16(19)11-14/h5-11,17H,4H2,1-3H3,(H2,20,21,24)/t17-/m0/s1. The first kappa shape index (κ1) is 19.7. The molecular formula is C18H21ClN2O2S2. The second-order valence-corrected chi connectivity index (χ2v) is 8.70. The van der Waals surface area contributed by atoms with Crippen LogP contribution in [0.3, 0.4) is 0 Å². The molecule has 2 rings (SSSR count). The molecule has 0 bridgehead atoms. The predicted molar refractivity (Wildman–Crippen MR) is 108 cm³/mol. The third kappa shape index (κ3) is 5.42. The number of benzene rings is 2. The summed E-state index contributed by atoms with van der Waals surface area (Å²) >= 11 is 11.5. The van der Waals surface area contributed by atoms with Crippen molar-refractivity contribution in [1.29, 1.82) is 0 Å². The third-order valence-electron chi connectivity index (χ3n) is 3.85. The number of hydrogen-bond donors (Lipinski definition) is 2. The van der Waals surface area contributed by atoms with E-state index in [9.17, 15) is 8.42 Å². The van der Waals surface area contributed by atoms with Crippen LogP contribution in [0.5, 0.6) is 0 Å². The number of anilines is 1. The molecule has 0 saturated heterocycles. The maximum Gasteiger partial charge on any atom is 0.175 e. The van der Waals surface area contributed by atoms with E-state index in [2.05, 4.69) is 10.6 Å². The molecule has 0 spiro atoms. The van der Waals surface area contributed by atoms with E-state index in [-0.39, 0.29) is 6.04 Å². The van der Waals surface area contributed by atoms with Gasteiger partial charge in [-0.2, -0.15) is 0 Å². The van der Waals surface area contributed by atoms with E-state index in [4.69, 9.17) is 23.8 Å². The third-order valence-corrected chi connectivity index (χ3v) is 5.61. The molecule has 0 amide bonds. The lowest BCUT2D eigenvalue weighted by molar-refractivity contribution is 0.601. The zero-order chi connectivity index (χ0) is 18.6. The van der Waals surface area contributed by atoms with Gasteiger partial charge in [0.1, 0.15) is 0 Å². The van der Waals surface area contributed by atoms with Crippen molar-refractivity contribution in [2.45, 2.75) is 31.2 Å². The van der Waals surface area contributed by atoms with Gasteiger partial charge < -0.3 is 10.6 Å². The predicted octanol–water partition coefficient (Wildman–Crippen LogP) is 4.49. The van der Waals surface area contributed by atoms with Crippen LogP contribution in [0, 0.1) is 6.92 Å². The molecule has 0 saturated carbocycles. The summed E-state index contributed by atoms with van der Waals surface area (Å²) in [5.41, 5.74) is 2.79. The topological polar surface area (TPSA) is 58.2 Å². The van der Waals surface area contributed by atoms with Crippen molar-refractivity contribution in [3.63, 3.8) is 0 Å². The highest BCUT2D eigenvalue weighted by Crippen LogP contribution is 2.22. The molecule has 0 unspecified atom stereocenters. The quantitative estimate of drug-likeness (QED) is 0.729. The fraction of sp³-hybridized carbons (Fsp3) is 0.278. The van der Waals surface area contributed by atoms with Crippen molar-refractivity contribution in [3.05, 3.63) is 58.6 Å². The van der Waals surface area contributed by atoms with E-state index in [0.29, 0.717) is 15.0 Å². The van der Waals surface area contributed by atoms with Gasteiger partial charge in [-0.3, -0.25) is 0 Å². The lowest BCUT2D eigenvalue weighted by atomic mass is 10.1. The summed E-state index contributed by atoms with van der Waals surface area (Å²) in [6, 6.07) is 12.5. The lowest BCUT2D eigenvalue weighted by Crippen LogP contribution is -2.32. The van der Waals surface area contributed by atoms with Crippen LogP contribution in [0.2, 0.25) is 5.02 Å². The molecule has 25 heavy (non-hydrogen) atoms. The molecule has 4 nitrogen and oxygen atoms in total. The second kappa shape index (κ2) is 8.17. The summed E-state index contributed by atoms with van der Waals surface area (Å²) in [5, 5.41) is 7.53. The monoisotopic (exact) mass is 396 g/mol. The Balaban J connectivity index is 2.08. The van der Waals surface area contributed by atoms with Crippen LogP contribution in [0.15, 0.2) is 47.4 Å². The summed E-state index contributed by atoms with van der Waals surface area (Å²) in [6.45, 7) is 3.98. The van der Waals surface area contributed by atoms with Gasteiger partial charge in [-0.25, -0.2) is 8.42 Å². The van der Waals surface area contributed by atoms with Gasteiger partial charge >= 0.3 is 0 Å². The number of thiocarbonyl (C=S) groups is 1. The number of aryl methyl sites for hydroxylation is 1. The summed E-state index contributed by atoms with van der Waals surface area (Å²) in [5.74, 6) is 0. The minimum atomic E-state index is -3.19. The molecular weight excluding hydrogens is 376 g/mol. The van der Waals surface area contributed by atoms with Crippen LogP contribution in [-0.4, -0.2) is 19.8 Å². The Kier molecular flexibility index (Phi) is 6.43. The molecule has 0 aliphatic heterocycles. The van der Waals surface area contributed by atoms with E-state index in [1.807, 2.05) is 44.2 Å². The van der Waals surface area contributed by atoms with Gasteiger partial charge in [-0.05, 0) is 61.0 Å². The average Bonchev–Trinajstić information content (AvgIpc) is 2.55. The number of halogens is 1. The van der Waals surface area contributed by atoms with Gasteiger partial charge in [0.05, 0.1) is 10.9 Å². The van der Waals surface area contributed by atoms with E-state index >= 15 is 0 Å². The highest BCUT2D eigenvalue weighted by atomic mass is 35.5. The van der Waals surface area contributed by atoms with Gasteiger partial charge in [0, 0.05) is 17.0 Å². The summed E-state index contributed by atoms with van der Waals surface area (Å²) in [7, 11) is -3.19. The number of nitrogens with one attached hydrogen (secondary N) is 2. The molecule has 134 valence electrons. The van der Waals surface area contributed by atoms with Crippen molar-refractivity contribution in [2.75, 3.05) is 11.6 Å². The SMILES string of the molecule is CC[C@H](NC(=S)Nc1ccc(C)c(Cl)c1)c1ccc(S(C)(=O)=O)cc1. The van der Waals surface area contributed by atoms with Gasteiger partial charge in [-0.15, -0.1) is 0 Å². The summed E-state index contributed by atoms with van der Waals surface area (Å²) < 4.78 is 23.1. The van der Waals surface area contributed by atoms with Crippen LogP contribution >= 0.6 is 23.8 Å². The Bertz CT molecular complexity index is 865. The molecule has 0 radical (unpaired) electrons. The second-order valence-electron chi connectivity index (χ2n) is 5.86. The maximum atomic E-state index is 11.6. The zero-order valence-corrected chi connectivity index (χ0v) is 16.7. The lowest BCUT2D eigenvalue weighted by Gasteiger charge is -2.20. The van der Waals surface area contributed by atoms with Crippen LogP contribution in [0.1, 0.15) is 30.5 Å². The van der Waals surface area contributed by atoms with E-state index in [1.165, 1.54) is 6.26 Å². The number of rotatable bonds is 5. The molecule has 0 heterocycles. The van der Waals surface area contributed by atoms with Crippen LogP contribution in [0.25, 0.3) is 0 Å². The van der Waals surface area contributed by atoms with Crippen LogP contribution in [0.4, 0.5) is 5.69 Å². The fourth-order valence-electron chi connectivity index (χ4n) is 2.36. The normalized spacial score (nSPS) is 12.5. The molecule has 0 aromatic heterocycles. The minimum Gasteiger partial charge on any atom is -0.356 e. The molecule has 0 aliphatic rings. The van der Waals surface area contributed by atoms with Gasteiger partial charge in [0.25, 0.3) is 0 Å². The first-order valence-corrected chi connectivity index (χ1v) is 10.5. The zero-order valence-electron chi connectivity index (χ0n) is 14.3. The molecule has 0 fully saturated rings. The first-order valence-electron chi connectivity index (χ1n) is 7.84. The molecule has 7 heteroatoms. The minimum absolute atomic E-state index is 0.0190. The largest absolute Gasteiger partial charge is 0.356 e. The fourth-order valence-corrected chi connectivity index (χ4v) is 3.44. The Hall–Kier alpha value is -1.63. The van der Waals surface area contributed by atoms with Crippen molar-refractivity contribution in [2.24, 2.45) is 0 Å². The Morgan fingerprint density at radius 3 is 2.36 bits per heavy atom. The Morgan fingerprint density at radius 2 is 1.84 bits per heavy atom. The Labute approximate surface area is 159 Å². The highest BCUT2D eigenvalue weighted by Gasteiger charge is 2.13. The smallest absolute Gasteiger partial charge is 0.175 e. The van der Waals surface area contributed by atoms with Crippen molar-refractivity contribution in [1.82, 2.24) is 5.32 Å². The van der Waals surface area contributed by atoms with Crippen LogP contribution in [-0.2, 0) is 9.84 Å². The average molecular weight is 397 g/mol. The van der Waals surface area contributed by atoms with Crippen molar-refractivity contribution < 1.29 is 8.42 Å². The Morgan fingerprint density at radius 1 is 1.20 bits per heavy atom. The van der Waals surface area contributed by atoms with Crippen LogP contribution < -0.4 is 10.6 Å². The van der Waals surface area contributed by atoms with Gasteiger partial charge in [0.2, 0.25) is 0 Å². The molecule has 2 N–H and O–H groups in total.